The quantitative estimate of drug-likeness (QED) is 0.620. The van der Waals surface area contributed by atoms with Gasteiger partial charge in [0.15, 0.2) is 0 Å². The van der Waals surface area contributed by atoms with Crippen molar-refractivity contribution in [2.45, 2.75) is 45.2 Å². The van der Waals surface area contributed by atoms with Crippen molar-refractivity contribution >= 4 is 17.7 Å². The van der Waals surface area contributed by atoms with Crippen LogP contribution in [-0.4, -0.2) is 54.9 Å². The molecule has 1 aliphatic heterocycles. The Kier molecular flexibility index (Phi) is 8.62. The lowest BCUT2D eigenvalue weighted by molar-refractivity contribution is -0.125. The Morgan fingerprint density at radius 3 is 2.35 bits per heavy atom. The first kappa shape index (κ1) is 25.2. The van der Waals surface area contributed by atoms with Crippen molar-refractivity contribution in [3.8, 4) is 5.75 Å². The van der Waals surface area contributed by atoms with E-state index in [4.69, 9.17) is 4.74 Å². The van der Waals surface area contributed by atoms with E-state index in [2.05, 4.69) is 10.6 Å². The molecule has 34 heavy (non-hydrogen) atoms. The van der Waals surface area contributed by atoms with Crippen molar-refractivity contribution in [1.82, 2.24) is 15.5 Å². The van der Waals surface area contributed by atoms with Gasteiger partial charge >= 0.3 is 0 Å². The van der Waals surface area contributed by atoms with Gasteiger partial charge in [-0.3, -0.25) is 14.4 Å². The third-order valence-electron chi connectivity index (χ3n) is 6.29. The molecule has 0 radical (unpaired) electrons. The van der Waals surface area contributed by atoms with Gasteiger partial charge in [-0.05, 0) is 74.6 Å². The molecule has 2 atom stereocenters. The van der Waals surface area contributed by atoms with E-state index in [0.717, 1.165) is 6.42 Å². The molecule has 182 valence electrons. The fraction of sp³-hybridized carbons (Fsp3) is 0.423. The minimum atomic E-state index is -0.726. The van der Waals surface area contributed by atoms with E-state index < -0.39 is 11.9 Å². The number of methoxy groups -OCH3 is 1. The molecule has 0 unspecified atom stereocenters. The molecule has 3 amide bonds. The molecule has 3 rings (SSSR count). The highest BCUT2D eigenvalue weighted by Crippen LogP contribution is 2.23. The molecule has 0 bridgehead atoms. The molecule has 0 saturated carbocycles. The third kappa shape index (κ3) is 6.34. The summed E-state index contributed by atoms with van der Waals surface area (Å²) in [6.45, 7) is 4.79. The van der Waals surface area contributed by atoms with Gasteiger partial charge in [-0.15, -0.1) is 0 Å². The topological polar surface area (TPSA) is 87.7 Å². The Bertz CT molecular complexity index is 1000. The summed E-state index contributed by atoms with van der Waals surface area (Å²) in [5.74, 6) is -0.713. The Morgan fingerprint density at radius 2 is 1.74 bits per heavy atom. The number of carbonyl (C=O) groups excluding carboxylic acids is 3. The molecule has 0 aliphatic carbocycles. The van der Waals surface area contributed by atoms with Crippen molar-refractivity contribution in [2.75, 3.05) is 20.2 Å². The number of ether oxygens (including phenoxy) is 1. The number of likely N-dealkylation sites (tertiary alicyclic amines) is 1. The summed E-state index contributed by atoms with van der Waals surface area (Å²) in [6, 6.07) is 11.5. The molecule has 8 heteroatoms. The predicted octanol–water partition coefficient (Wildman–Crippen LogP) is 3.40. The summed E-state index contributed by atoms with van der Waals surface area (Å²) in [5.41, 5.74) is 0.835. The number of piperidine rings is 1. The molecule has 7 nitrogen and oxygen atoms in total. The van der Waals surface area contributed by atoms with Crippen LogP contribution in [0, 0.1) is 11.7 Å². The van der Waals surface area contributed by atoms with Gasteiger partial charge in [0, 0.05) is 30.3 Å². The highest BCUT2D eigenvalue weighted by atomic mass is 19.1. The van der Waals surface area contributed by atoms with E-state index in [1.807, 2.05) is 13.8 Å². The Morgan fingerprint density at radius 1 is 1.06 bits per heavy atom. The number of hydrogen-bond acceptors (Lipinski definition) is 4. The molecule has 1 saturated heterocycles. The van der Waals surface area contributed by atoms with Gasteiger partial charge in [-0.2, -0.15) is 0 Å². The lowest BCUT2D eigenvalue weighted by atomic mass is 9.88. The van der Waals surface area contributed by atoms with E-state index in [1.165, 1.54) is 31.4 Å². The maximum atomic E-state index is 13.2. The van der Waals surface area contributed by atoms with E-state index in [0.29, 0.717) is 42.8 Å². The molecular weight excluding hydrogens is 437 g/mol. The van der Waals surface area contributed by atoms with Gasteiger partial charge < -0.3 is 20.3 Å². The summed E-state index contributed by atoms with van der Waals surface area (Å²) in [7, 11) is 1.53. The number of hydrogen-bond donors (Lipinski definition) is 2. The van der Waals surface area contributed by atoms with Crippen LogP contribution in [0.5, 0.6) is 5.75 Å². The monoisotopic (exact) mass is 469 g/mol. The number of benzene rings is 2. The molecule has 2 aromatic rings. The Labute approximate surface area is 199 Å². The highest BCUT2D eigenvalue weighted by molar-refractivity contribution is 5.98. The van der Waals surface area contributed by atoms with E-state index >= 15 is 0 Å². The summed E-state index contributed by atoms with van der Waals surface area (Å²) < 4.78 is 18.4. The normalized spacial score (nSPS) is 15.8. The van der Waals surface area contributed by atoms with Gasteiger partial charge in [0.1, 0.15) is 17.6 Å². The minimum absolute atomic E-state index is 0.0242. The minimum Gasteiger partial charge on any atom is -0.497 e. The maximum Gasteiger partial charge on any atom is 0.253 e. The second kappa shape index (κ2) is 11.6. The van der Waals surface area contributed by atoms with Crippen LogP contribution in [0.4, 0.5) is 4.39 Å². The van der Waals surface area contributed by atoms with Crippen LogP contribution in [0.1, 0.15) is 53.8 Å². The van der Waals surface area contributed by atoms with Crippen molar-refractivity contribution in [3.05, 3.63) is 65.5 Å². The average Bonchev–Trinajstić information content (AvgIpc) is 2.87. The lowest BCUT2D eigenvalue weighted by Crippen LogP contribution is -2.55. The molecule has 1 fully saturated rings. The molecule has 2 N–H and O–H groups in total. The summed E-state index contributed by atoms with van der Waals surface area (Å²) >= 11 is 0. The summed E-state index contributed by atoms with van der Waals surface area (Å²) in [4.78, 5) is 40.5. The van der Waals surface area contributed by atoms with Crippen LogP contribution in [0.25, 0.3) is 0 Å². The number of nitrogens with zero attached hydrogens (tertiary/aromatic N) is 1. The Hall–Kier alpha value is -3.42. The second-order valence-corrected chi connectivity index (χ2v) is 8.64. The highest BCUT2D eigenvalue weighted by Gasteiger charge is 2.34. The largest absolute Gasteiger partial charge is 0.497 e. The van der Waals surface area contributed by atoms with Crippen molar-refractivity contribution in [2.24, 2.45) is 5.92 Å². The fourth-order valence-corrected chi connectivity index (χ4v) is 4.03. The number of rotatable bonds is 8. The van der Waals surface area contributed by atoms with Crippen LogP contribution < -0.4 is 15.4 Å². The first-order valence-corrected chi connectivity index (χ1v) is 11.6. The molecule has 2 aromatic carbocycles. The van der Waals surface area contributed by atoms with Crippen LogP contribution >= 0.6 is 0 Å². The van der Waals surface area contributed by atoms with Gasteiger partial charge in [0.05, 0.1) is 7.11 Å². The first-order chi connectivity index (χ1) is 16.3. The Balaban J connectivity index is 1.70. The average molecular weight is 470 g/mol. The third-order valence-corrected chi connectivity index (χ3v) is 6.29. The van der Waals surface area contributed by atoms with E-state index in [9.17, 15) is 18.8 Å². The van der Waals surface area contributed by atoms with Crippen LogP contribution in [0.3, 0.4) is 0 Å². The maximum absolute atomic E-state index is 13.2. The molecule has 1 aliphatic rings. The number of carbonyl (C=O) groups is 3. The SMILES string of the molecule is CC[C@H](C)NC(=O)[C@H](NC(=O)c1cccc(OC)c1)C1CCN(C(=O)c2ccc(F)cc2)CC1. The second-order valence-electron chi connectivity index (χ2n) is 8.64. The lowest BCUT2D eigenvalue weighted by Gasteiger charge is -2.36. The standard InChI is InChI=1S/C26H32FN3O4/c1-4-17(2)28-25(32)23(29-24(31)20-6-5-7-22(16-20)34-3)18-12-14-30(15-13-18)26(33)19-8-10-21(27)11-9-19/h5-11,16-18,23H,4,12-15H2,1-3H3,(H,28,32)(H,29,31)/t17-,23+/m0/s1. The predicted molar refractivity (Wildman–Crippen MR) is 127 cm³/mol. The number of nitrogens with one attached hydrogen (secondary N) is 2. The van der Waals surface area contributed by atoms with E-state index in [-0.39, 0.29) is 29.7 Å². The van der Waals surface area contributed by atoms with Gasteiger partial charge in [-0.25, -0.2) is 4.39 Å². The number of halogens is 1. The van der Waals surface area contributed by atoms with E-state index in [1.54, 1.807) is 29.2 Å². The van der Waals surface area contributed by atoms with Crippen LogP contribution in [-0.2, 0) is 4.79 Å². The van der Waals surface area contributed by atoms with Gasteiger partial charge in [0.2, 0.25) is 5.91 Å². The van der Waals surface area contributed by atoms with Crippen LogP contribution in [0.2, 0.25) is 0 Å². The summed E-state index contributed by atoms with van der Waals surface area (Å²) in [5, 5.41) is 5.89. The summed E-state index contributed by atoms with van der Waals surface area (Å²) in [6.07, 6.45) is 1.89. The van der Waals surface area contributed by atoms with Crippen molar-refractivity contribution < 1.29 is 23.5 Å². The first-order valence-electron chi connectivity index (χ1n) is 11.6. The zero-order valence-electron chi connectivity index (χ0n) is 19.8. The molecular formula is C26H32FN3O4. The van der Waals surface area contributed by atoms with Crippen molar-refractivity contribution in [3.63, 3.8) is 0 Å². The molecule has 0 spiro atoms. The number of amides is 3. The van der Waals surface area contributed by atoms with Crippen LogP contribution in [0.15, 0.2) is 48.5 Å². The van der Waals surface area contributed by atoms with Crippen molar-refractivity contribution in [1.29, 1.82) is 0 Å². The smallest absolute Gasteiger partial charge is 0.253 e. The zero-order valence-corrected chi connectivity index (χ0v) is 19.8. The molecule has 0 aromatic heterocycles. The fourth-order valence-electron chi connectivity index (χ4n) is 4.03. The molecule has 1 heterocycles. The van der Waals surface area contributed by atoms with Gasteiger partial charge in [-0.1, -0.05) is 13.0 Å². The van der Waals surface area contributed by atoms with Gasteiger partial charge in [0.25, 0.3) is 11.8 Å². The zero-order chi connectivity index (χ0) is 24.7.